The summed E-state index contributed by atoms with van der Waals surface area (Å²) in [5.74, 6) is -0.0704. The molecule has 3 aromatic rings. The van der Waals surface area contributed by atoms with Crippen molar-refractivity contribution in [2.75, 3.05) is 0 Å². The average molecular weight is 279 g/mol. The van der Waals surface area contributed by atoms with Crippen LogP contribution < -0.4 is 5.32 Å². The summed E-state index contributed by atoms with van der Waals surface area (Å²) in [6.07, 6.45) is 3.47. The quantitative estimate of drug-likeness (QED) is 0.774. The average Bonchev–Trinajstić information content (AvgIpc) is 2.80. The molecule has 1 amide bonds. The van der Waals surface area contributed by atoms with Gasteiger partial charge in [0.05, 0.1) is 0 Å². The Hall–Kier alpha value is -2.62. The van der Waals surface area contributed by atoms with E-state index in [1.807, 2.05) is 37.3 Å². The Labute approximate surface area is 123 Å². The van der Waals surface area contributed by atoms with Gasteiger partial charge in [0.1, 0.15) is 0 Å². The van der Waals surface area contributed by atoms with Crippen LogP contribution in [0, 0.1) is 13.8 Å². The summed E-state index contributed by atoms with van der Waals surface area (Å²) in [7, 11) is 0. The third-order valence-electron chi connectivity index (χ3n) is 3.75. The minimum Gasteiger partial charge on any atom is -0.358 e. The molecule has 0 atom stereocenters. The lowest BCUT2D eigenvalue weighted by Crippen LogP contribution is -2.22. The second kappa shape index (κ2) is 5.40. The van der Waals surface area contributed by atoms with Crippen LogP contribution in [0.3, 0.4) is 0 Å². The van der Waals surface area contributed by atoms with Crippen LogP contribution in [0.5, 0.6) is 0 Å². The maximum atomic E-state index is 12.2. The number of nitrogens with one attached hydrogen (secondary N) is 2. The third-order valence-corrected chi connectivity index (χ3v) is 3.75. The van der Waals surface area contributed by atoms with E-state index in [1.165, 1.54) is 5.56 Å². The molecule has 0 bridgehead atoms. The van der Waals surface area contributed by atoms with Gasteiger partial charge in [0.2, 0.25) is 0 Å². The normalized spacial score (nSPS) is 10.8. The van der Waals surface area contributed by atoms with Crippen LogP contribution in [0.25, 0.3) is 10.9 Å². The van der Waals surface area contributed by atoms with E-state index in [0.717, 1.165) is 22.2 Å². The van der Waals surface area contributed by atoms with Gasteiger partial charge in [-0.2, -0.15) is 0 Å². The molecule has 0 unspecified atom stereocenters. The predicted octanol–water partition coefficient (Wildman–Crippen LogP) is 3.11. The van der Waals surface area contributed by atoms with Crippen molar-refractivity contribution < 1.29 is 4.79 Å². The topological polar surface area (TPSA) is 57.8 Å². The molecule has 0 radical (unpaired) electrons. The van der Waals surface area contributed by atoms with Gasteiger partial charge in [0.25, 0.3) is 5.91 Å². The molecule has 2 heterocycles. The summed E-state index contributed by atoms with van der Waals surface area (Å²) < 4.78 is 0. The van der Waals surface area contributed by atoms with Gasteiger partial charge in [0, 0.05) is 41.1 Å². The Morgan fingerprint density at radius 3 is 2.90 bits per heavy atom. The number of amides is 1. The van der Waals surface area contributed by atoms with Crippen LogP contribution in [0.1, 0.15) is 27.2 Å². The molecule has 2 N–H and O–H groups in total. The zero-order chi connectivity index (χ0) is 14.8. The van der Waals surface area contributed by atoms with Crippen molar-refractivity contribution in [2.24, 2.45) is 0 Å². The minimum atomic E-state index is -0.0704. The first-order valence-corrected chi connectivity index (χ1v) is 6.91. The Morgan fingerprint density at radius 1 is 1.29 bits per heavy atom. The van der Waals surface area contributed by atoms with Crippen molar-refractivity contribution in [1.29, 1.82) is 0 Å². The van der Waals surface area contributed by atoms with Gasteiger partial charge in [0.15, 0.2) is 0 Å². The van der Waals surface area contributed by atoms with Gasteiger partial charge in [-0.3, -0.25) is 9.78 Å². The number of pyridine rings is 1. The molecule has 0 aliphatic carbocycles. The highest BCUT2D eigenvalue weighted by atomic mass is 16.1. The fourth-order valence-corrected chi connectivity index (χ4v) is 2.39. The number of aromatic amines is 1. The van der Waals surface area contributed by atoms with Gasteiger partial charge in [-0.1, -0.05) is 6.07 Å². The number of hydrogen-bond acceptors (Lipinski definition) is 2. The van der Waals surface area contributed by atoms with E-state index in [9.17, 15) is 4.79 Å². The van der Waals surface area contributed by atoms with Crippen molar-refractivity contribution in [3.8, 4) is 0 Å². The van der Waals surface area contributed by atoms with Gasteiger partial charge in [-0.25, -0.2) is 0 Å². The largest absolute Gasteiger partial charge is 0.358 e. The van der Waals surface area contributed by atoms with Gasteiger partial charge >= 0.3 is 0 Å². The van der Waals surface area contributed by atoms with E-state index < -0.39 is 0 Å². The van der Waals surface area contributed by atoms with E-state index >= 15 is 0 Å². The molecule has 21 heavy (non-hydrogen) atoms. The summed E-state index contributed by atoms with van der Waals surface area (Å²) >= 11 is 0. The van der Waals surface area contributed by atoms with Crippen molar-refractivity contribution in [2.45, 2.75) is 20.4 Å². The van der Waals surface area contributed by atoms with Crippen LogP contribution in [0.4, 0.5) is 0 Å². The number of nitrogens with zero attached hydrogens (tertiary/aromatic N) is 1. The molecule has 1 aromatic carbocycles. The fraction of sp³-hybridized carbons (Fsp3) is 0.176. The van der Waals surface area contributed by atoms with Crippen LogP contribution in [-0.2, 0) is 6.54 Å². The molecule has 4 nitrogen and oxygen atoms in total. The van der Waals surface area contributed by atoms with E-state index in [2.05, 4.69) is 22.2 Å². The monoisotopic (exact) mass is 279 g/mol. The van der Waals surface area contributed by atoms with Crippen molar-refractivity contribution in [1.82, 2.24) is 15.3 Å². The smallest absolute Gasteiger partial charge is 0.251 e. The van der Waals surface area contributed by atoms with E-state index in [-0.39, 0.29) is 5.91 Å². The Balaban J connectivity index is 1.80. The van der Waals surface area contributed by atoms with Crippen molar-refractivity contribution in [3.05, 3.63) is 65.1 Å². The standard InChI is InChI=1S/C17H17N3O/c1-11-12(2)20-16-6-5-14(8-15(11)16)17(21)19-10-13-4-3-7-18-9-13/h3-9,20H,10H2,1-2H3,(H,19,21). The number of aryl methyl sites for hydroxylation is 2. The molecule has 0 aliphatic rings. The molecule has 0 spiro atoms. The zero-order valence-corrected chi connectivity index (χ0v) is 12.1. The first-order chi connectivity index (χ1) is 10.1. The lowest BCUT2D eigenvalue weighted by atomic mass is 10.1. The summed E-state index contributed by atoms with van der Waals surface area (Å²) in [5, 5.41) is 4.02. The Kier molecular flexibility index (Phi) is 3.44. The second-order valence-electron chi connectivity index (χ2n) is 5.18. The van der Waals surface area contributed by atoms with Crippen LogP contribution in [0.2, 0.25) is 0 Å². The first-order valence-electron chi connectivity index (χ1n) is 6.91. The maximum absolute atomic E-state index is 12.2. The number of hydrogen-bond donors (Lipinski definition) is 2. The third kappa shape index (κ3) is 2.65. The highest BCUT2D eigenvalue weighted by molar-refractivity contribution is 5.99. The van der Waals surface area contributed by atoms with Crippen LogP contribution in [-0.4, -0.2) is 15.9 Å². The first kappa shape index (κ1) is 13.4. The van der Waals surface area contributed by atoms with E-state index in [4.69, 9.17) is 0 Å². The van der Waals surface area contributed by atoms with Crippen LogP contribution in [0.15, 0.2) is 42.7 Å². The molecule has 106 valence electrons. The number of carbonyl (C=O) groups is 1. The van der Waals surface area contributed by atoms with Gasteiger partial charge in [-0.15, -0.1) is 0 Å². The highest BCUT2D eigenvalue weighted by Gasteiger charge is 2.09. The molecule has 4 heteroatoms. The number of carbonyl (C=O) groups excluding carboxylic acids is 1. The molecule has 2 aromatic heterocycles. The molecule has 0 saturated carbocycles. The molecular weight excluding hydrogens is 262 g/mol. The number of rotatable bonds is 3. The molecule has 3 rings (SSSR count). The van der Waals surface area contributed by atoms with Crippen molar-refractivity contribution >= 4 is 16.8 Å². The summed E-state index contributed by atoms with van der Waals surface area (Å²) in [6, 6.07) is 9.53. The molecular formula is C17H17N3O. The minimum absolute atomic E-state index is 0.0704. The lowest BCUT2D eigenvalue weighted by molar-refractivity contribution is 0.0951. The Morgan fingerprint density at radius 2 is 2.14 bits per heavy atom. The zero-order valence-electron chi connectivity index (χ0n) is 12.1. The van der Waals surface area contributed by atoms with Gasteiger partial charge < -0.3 is 10.3 Å². The van der Waals surface area contributed by atoms with Crippen molar-refractivity contribution in [3.63, 3.8) is 0 Å². The van der Waals surface area contributed by atoms with E-state index in [1.54, 1.807) is 12.4 Å². The second-order valence-corrected chi connectivity index (χ2v) is 5.18. The number of aromatic nitrogens is 2. The molecule has 0 fully saturated rings. The SMILES string of the molecule is Cc1[nH]c2ccc(C(=O)NCc3cccnc3)cc2c1C. The molecule has 0 aliphatic heterocycles. The molecule has 0 saturated heterocycles. The number of H-pyrrole nitrogens is 1. The van der Waals surface area contributed by atoms with E-state index in [0.29, 0.717) is 12.1 Å². The summed E-state index contributed by atoms with van der Waals surface area (Å²) in [5.41, 5.74) is 5.05. The van der Waals surface area contributed by atoms with Gasteiger partial charge in [-0.05, 0) is 49.2 Å². The Bertz CT molecular complexity index is 790. The lowest BCUT2D eigenvalue weighted by Gasteiger charge is -2.05. The predicted molar refractivity (Wildman–Crippen MR) is 83.2 cm³/mol. The maximum Gasteiger partial charge on any atom is 0.251 e. The number of fused-ring (bicyclic) bond motifs is 1. The number of benzene rings is 1. The fourth-order valence-electron chi connectivity index (χ4n) is 2.39. The summed E-state index contributed by atoms with van der Waals surface area (Å²) in [6.45, 7) is 4.58. The highest BCUT2D eigenvalue weighted by Crippen LogP contribution is 2.22. The van der Waals surface area contributed by atoms with Crippen LogP contribution >= 0.6 is 0 Å². The summed E-state index contributed by atoms with van der Waals surface area (Å²) in [4.78, 5) is 19.6.